The molecule has 1 aliphatic rings. The second kappa shape index (κ2) is 7.71. The van der Waals surface area contributed by atoms with E-state index in [2.05, 4.69) is 5.32 Å². The van der Waals surface area contributed by atoms with Gasteiger partial charge < -0.3 is 10.1 Å². The van der Waals surface area contributed by atoms with Crippen molar-refractivity contribution in [3.8, 4) is 5.75 Å². The molecule has 1 N–H and O–H groups in total. The highest BCUT2D eigenvalue weighted by atomic mass is 32.2. The van der Waals surface area contributed by atoms with Gasteiger partial charge in [-0.15, -0.1) is 0 Å². The number of hydrogen-bond acceptors (Lipinski definition) is 6. The molecule has 140 valence electrons. The summed E-state index contributed by atoms with van der Waals surface area (Å²) >= 11 is 0. The van der Waals surface area contributed by atoms with Crippen LogP contribution in [0.1, 0.15) is 16.8 Å². The Kier molecular flexibility index (Phi) is 6.07. The second-order valence-electron chi connectivity index (χ2n) is 5.91. The van der Waals surface area contributed by atoms with Crippen LogP contribution in [0.4, 0.5) is 0 Å². The van der Waals surface area contributed by atoms with Crippen LogP contribution in [-0.4, -0.2) is 71.1 Å². The first-order chi connectivity index (χ1) is 11.6. The summed E-state index contributed by atoms with van der Waals surface area (Å²) in [5.41, 5.74) is 0.426. The number of sulfone groups is 1. The molecule has 0 saturated carbocycles. The maximum atomic E-state index is 12.1. The molecule has 0 aliphatic carbocycles. The van der Waals surface area contributed by atoms with Gasteiger partial charge in [0.2, 0.25) is 10.0 Å². The zero-order chi connectivity index (χ0) is 18.7. The fourth-order valence-electron chi connectivity index (χ4n) is 2.75. The zero-order valence-electron chi connectivity index (χ0n) is 14.1. The number of amides is 1. The molecule has 25 heavy (non-hydrogen) atoms. The highest BCUT2D eigenvalue weighted by Gasteiger charge is 2.36. The molecular formula is C15H22N2O6S2. The lowest BCUT2D eigenvalue weighted by Crippen LogP contribution is -2.44. The van der Waals surface area contributed by atoms with Crippen molar-refractivity contribution in [2.24, 2.45) is 0 Å². The van der Waals surface area contributed by atoms with E-state index in [4.69, 9.17) is 4.74 Å². The van der Waals surface area contributed by atoms with Gasteiger partial charge in [0.05, 0.1) is 24.9 Å². The van der Waals surface area contributed by atoms with Crippen molar-refractivity contribution in [2.45, 2.75) is 12.5 Å². The molecule has 1 unspecified atom stereocenters. The van der Waals surface area contributed by atoms with Crippen LogP contribution in [0.15, 0.2) is 24.3 Å². The average molecular weight is 390 g/mol. The molecule has 1 aliphatic heterocycles. The van der Waals surface area contributed by atoms with Crippen LogP contribution < -0.4 is 10.1 Å². The molecule has 1 saturated heterocycles. The van der Waals surface area contributed by atoms with Crippen molar-refractivity contribution < 1.29 is 26.4 Å². The van der Waals surface area contributed by atoms with E-state index in [1.54, 1.807) is 24.3 Å². The fraction of sp³-hybridized carbons (Fsp3) is 0.533. The van der Waals surface area contributed by atoms with Gasteiger partial charge in [-0.3, -0.25) is 4.79 Å². The minimum absolute atomic E-state index is 0.0120. The molecule has 10 heteroatoms. The predicted octanol–water partition coefficient (Wildman–Crippen LogP) is -0.126. The van der Waals surface area contributed by atoms with E-state index in [1.165, 1.54) is 7.11 Å². The minimum atomic E-state index is -3.57. The van der Waals surface area contributed by atoms with Crippen LogP contribution in [0, 0.1) is 0 Å². The Morgan fingerprint density at radius 1 is 1.32 bits per heavy atom. The maximum Gasteiger partial charge on any atom is 0.251 e. The Balaban J connectivity index is 1.95. The lowest BCUT2D eigenvalue weighted by atomic mass is 10.2. The Bertz CT molecular complexity index is 818. The summed E-state index contributed by atoms with van der Waals surface area (Å²) in [7, 11) is -5.24. The van der Waals surface area contributed by atoms with E-state index in [1.807, 2.05) is 0 Å². The quantitative estimate of drug-likeness (QED) is 0.695. The first-order valence-corrected chi connectivity index (χ1v) is 11.4. The van der Waals surface area contributed by atoms with E-state index in [0.717, 1.165) is 10.6 Å². The van der Waals surface area contributed by atoms with Crippen molar-refractivity contribution in [3.05, 3.63) is 29.8 Å². The van der Waals surface area contributed by atoms with Crippen molar-refractivity contribution >= 4 is 25.8 Å². The first-order valence-electron chi connectivity index (χ1n) is 7.72. The van der Waals surface area contributed by atoms with Crippen molar-refractivity contribution in [3.63, 3.8) is 0 Å². The number of carbonyl (C=O) groups excluding carboxylic acids is 1. The molecular weight excluding hydrogens is 368 g/mol. The van der Waals surface area contributed by atoms with E-state index in [9.17, 15) is 21.6 Å². The van der Waals surface area contributed by atoms with Gasteiger partial charge >= 0.3 is 0 Å². The van der Waals surface area contributed by atoms with Gasteiger partial charge in [0.1, 0.15) is 5.75 Å². The molecule has 0 bridgehead atoms. The van der Waals surface area contributed by atoms with E-state index < -0.39 is 25.9 Å². The molecule has 1 fully saturated rings. The Morgan fingerprint density at radius 3 is 2.44 bits per heavy atom. The molecule has 0 radical (unpaired) electrons. The lowest BCUT2D eigenvalue weighted by Gasteiger charge is -2.25. The fourth-order valence-corrected chi connectivity index (χ4v) is 5.72. The van der Waals surface area contributed by atoms with Gasteiger partial charge in [0.15, 0.2) is 9.84 Å². The van der Waals surface area contributed by atoms with E-state index in [0.29, 0.717) is 11.3 Å². The van der Waals surface area contributed by atoms with Crippen molar-refractivity contribution in [2.75, 3.05) is 38.0 Å². The molecule has 2 rings (SSSR count). The van der Waals surface area contributed by atoms with E-state index in [-0.39, 0.29) is 36.9 Å². The largest absolute Gasteiger partial charge is 0.497 e. The molecule has 0 aromatic heterocycles. The number of hydrogen-bond donors (Lipinski definition) is 1. The molecule has 0 spiro atoms. The Labute approximate surface area is 148 Å². The zero-order valence-corrected chi connectivity index (χ0v) is 15.8. The van der Waals surface area contributed by atoms with Crippen LogP contribution in [-0.2, 0) is 19.9 Å². The highest BCUT2D eigenvalue weighted by Crippen LogP contribution is 2.19. The monoisotopic (exact) mass is 390 g/mol. The lowest BCUT2D eigenvalue weighted by molar-refractivity contribution is 0.0950. The van der Waals surface area contributed by atoms with Gasteiger partial charge in [-0.1, -0.05) is 0 Å². The Morgan fingerprint density at radius 2 is 1.96 bits per heavy atom. The smallest absolute Gasteiger partial charge is 0.251 e. The number of benzene rings is 1. The second-order valence-corrected chi connectivity index (χ2v) is 10.1. The summed E-state index contributed by atoms with van der Waals surface area (Å²) < 4.78 is 53.3. The number of nitrogens with zero attached hydrogens (tertiary/aromatic N) is 1. The number of carbonyl (C=O) groups is 1. The predicted molar refractivity (Wildman–Crippen MR) is 93.9 cm³/mol. The van der Waals surface area contributed by atoms with Crippen LogP contribution in [0.5, 0.6) is 5.75 Å². The maximum absolute atomic E-state index is 12.1. The third-order valence-electron chi connectivity index (χ3n) is 4.01. The summed E-state index contributed by atoms with van der Waals surface area (Å²) in [6.07, 6.45) is 1.32. The van der Waals surface area contributed by atoms with Crippen molar-refractivity contribution in [1.29, 1.82) is 0 Å². The normalized spacial score (nSPS) is 19.7. The highest BCUT2D eigenvalue weighted by molar-refractivity contribution is 7.92. The van der Waals surface area contributed by atoms with Gasteiger partial charge in [-0.25, -0.2) is 16.8 Å². The molecule has 1 atom stereocenters. The number of nitrogens with one attached hydrogen (secondary N) is 1. The van der Waals surface area contributed by atoms with Crippen LogP contribution in [0.25, 0.3) is 0 Å². The summed E-state index contributed by atoms with van der Waals surface area (Å²) in [6, 6.07) is 5.94. The standard InChI is InChI=1S/C15H22N2O6S2/c1-23-14-5-3-12(4-6-14)15(18)16-8-9-17(24(2,19)20)13-7-10-25(21,22)11-13/h3-6,13H,7-11H2,1-2H3,(H,16,18). The Hall–Kier alpha value is -1.65. The molecule has 1 aromatic rings. The summed E-state index contributed by atoms with van der Waals surface area (Å²) in [5.74, 6) is 0.103. The van der Waals surface area contributed by atoms with Crippen LogP contribution >= 0.6 is 0 Å². The minimum Gasteiger partial charge on any atom is -0.497 e. The van der Waals surface area contributed by atoms with Gasteiger partial charge in [-0.05, 0) is 30.7 Å². The number of rotatable bonds is 7. The number of ether oxygens (including phenoxy) is 1. The summed E-state index contributed by atoms with van der Waals surface area (Å²) in [4.78, 5) is 12.1. The number of methoxy groups -OCH3 is 1. The van der Waals surface area contributed by atoms with Gasteiger partial charge in [0.25, 0.3) is 5.91 Å². The first kappa shape index (κ1) is 19.7. The molecule has 1 heterocycles. The third kappa shape index (κ3) is 5.41. The van der Waals surface area contributed by atoms with Crippen LogP contribution in [0.3, 0.4) is 0 Å². The van der Waals surface area contributed by atoms with Crippen LogP contribution in [0.2, 0.25) is 0 Å². The van der Waals surface area contributed by atoms with Crippen molar-refractivity contribution in [1.82, 2.24) is 9.62 Å². The molecule has 8 nitrogen and oxygen atoms in total. The average Bonchev–Trinajstić information content (AvgIpc) is 2.89. The summed E-state index contributed by atoms with van der Waals surface area (Å²) in [6.45, 7) is 0.120. The van der Waals surface area contributed by atoms with Gasteiger partial charge in [-0.2, -0.15) is 4.31 Å². The third-order valence-corrected chi connectivity index (χ3v) is 7.09. The van der Waals surface area contributed by atoms with Gasteiger partial charge in [0, 0.05) is 24.7 Å². The molecule has 1 amide bonds. The topological polar surface area (TPSA) is 110 Å². The summed E-state index contributed by atoms with van der Waals surface area (Å²) in [5, 5.41) is 2.65. The number of sulfonamides is 1. The molecule has 1 aromatic carbocycles. The SMILES string of the molecule is COc1ccc(C(=O)NCCN(C2CCS(=O)(=O)C2)S(C)(=O)=O)cc1. The van der Waals surface area contributed by atoms with E-state index >= 15 is 0 Å².